The lowest BCUT2D eigenvalue weighted by Gasteiger charge is -2.20. The van der Waals surface area contributed by atoms with Gasteiger partial charge < -0.3 is 14.6 Å². The molecule has 28 heavy (non-hydrogen) atoms. The van der Waals surface area contributed by atoms with Crippen molar-refractivity contribution in [2.75, 3.05) is 7.11 Å². The summed E-state index contributed by atoms with van der Waals surface area (Å²) in [6.07, 6.45) is 0.786. The van der Waals surface area contributed by atoms with Gasteiger partial charge in [-0.05, 0) is 48.4 Å². The zero-order valence-corrected chi connectivity index (χ0v) is 16.0. The average molecular weight is 383 g/mol. The molecule has 1 aromatic heterocycles. The van der Waals surface area contributed by atoms with Crippen LogP contribution in [0.3, 0.4) is 0 Å². The van der Waals surface area contributed by atoms with Gasteiger partial charge in [-0.3, -0.25) is 4.79 Å². The Labute approximate surface area is 162 Å². The number of carbonyl (C=O) groups excluding carboxylic acids is 1. The molecule has 0 aliphatic heterocycles. The highest BCUT2D eigenvalue weighted by molar-refractivity contribution is 5.94. The number of ether oxygens (including phenoxy) is 1. The molecule has 7 heteroatoms. The maximum absolute atomic E-state index is 13.4. The Morgan fingerprint density at radius 3 is 2.64 bits per heavy atom. The third kappa shape index (κ3) is 4.36. The van der Waals surface area contributed by atoms with Crippen molar-refractivity contribution < 1.29 is 18.4 Å². The second-order valence-electron chi connectivity index (χ2n) is 6.53. The highest BCUT2D eigenvalue weighted by Gasteiger charge is 2.27. The number of nitrogens with zero attached hydrogens (tertiary/aromatic N) is 2. The van der Waals surface area contributed by atoms with Crippen LogP contribution in [0.1, 0.15) is 42.6 Å². The van der Waals surface area contributed by atoms with E-state index >= 15 is 0 Å². The van der Waals surface area contributed by atoms with Crippen LogP contribution in [0.25, 0.3) is 11.4 Å². The Morgan fingerprint density at radius 1 is 1.25 bits per heavy atom. The van der Waals surface area contributed by atoms with Crippen molar-refractivity contribution >= 4 is 5.91 Å². The van der Waals surface area contributed by atoms with Crippen LogP contribution in [0, 0.1) is 11.7 Å². The first kappa shape index (κ1) is 19.5. The molecule has 6 nitrogen and oxygen atoms in total. The lowest BCUT2D eigenvalue weighted by molar-refractivity contribution is 0.0909. The summed E-state index contributed by atoms with van der Waals surface area (Å²) < 4.78 is 24.0. The fraction of sp³-hybridized carbons (Fsp3) is 0.286. The van der Waals surface area contributed by atoms with Crippen LogP contribution in [0.15, 0.2) is 53.1 Å². The molecule has 0 aliphatic rings. The summed E-state index contributed by atoms with van der Waals surface area (Å²) in [4.78, 5) is 17.0. The van der Waals surface area contributed by atoms with E-state index in [0.717, 1.165) is 17.7 Å². The molecule has 0 bridgehead atoms. The number of rotatable bonds is 7. The molecule has 0 radical (unpaired) electrons. The molecule has 1 amide bonds. The molecule has 0 fully saturated rings. The van der Waals surface area contributed by atoms with Crippen LogP contribution in [0.4, 0.5) is 4.39 Å². The summed E-state index contributed by atoms with van der Waals surface area (Å²) in [6, 6.07) is 12.3. The van der Waals surface area contributed by atoms with Gasteiger partial charge in [0.25, 0.3) is 5.91 Å². The van der Waals surface area contributed by atoms with Crippen LogP contribution < -0.4 is 10.1 Å². The van der Waals surface area contributed by atoms with E-state index in [0.29, 0.717) is 11.7 Å². The van der Waals surface area contributed by atoms with Crippen molar-refractivity contribution in [1.82, 2.24) is 15.5 Å². The molecule has 0 saturated heterocycles. The summed E-state index contributed by atoms with van der Waals surface area (Å²) in [7, 11) is 1.60. The molecule has 2 aromatic carbocycles. The molecular formula is C21H22FN3O3. The van der Waals surface area contributed by atoms with Crippen LogP contribution in [0.2, 0.25) is 0 Å². The van der Waals surface area contributed by atoms with Gasteiger partial charge in [0.05, 0.1) is 7.11 Å². The van der Waals surface area contributed by atoms with E-state index in [1.54, 1.807) is 13.2 Å². The van der Waals surface area contributed by atoms with Crippen LogP contribution in [-0.2, 0) is 0 Å². The Bertz CT molecular complexity index is 940. The van der Waals surface area contributed by atoms with E-state index in [-0.39, 0.29) is 11.5 Å². The van der Waals surface area contributed by atoms with Crippen molar-refractivity contribution in [3.8, 4) is 17.1 Å². The normalized spacial score (nSPS) is 13.0. The Hall–Kier alpha value is -3.22. The minimum Gasteiger partial charge on any atom is -0.497 e. The first-order valence-corrected chi connectivity index (χ1v) is 9.06. The van der Waals surface area contributed by atoms with Gasteiger partial charge in [-0.15, -0.1) is 0 Å². The first-order valence-electron chi connectivity index (χ1n) is 9.06. The lowest BCUT2D eigenvalue weighted by Crippen LogP contribution is -2.32. The van der Waals surface area contributed by atoms with Crippen molar-refractivity contribution in [3.05, 3.63) is 65.8 Å². The summed E-state index contributed by atoms with van der Waals surface area (Å²) in [5, 5.41) is 6.92. The van der Waals surface area contributed by atoms with E-state index in [9.17, 15) is 9.18 Å². The molecule has 0 unspecified atom stereocenters. The minimum atomic E-state index is -0.486. The predicted octanol–water partition coefficient (Wildman–Crippen LogP) is 4.40. The zero-order valence-electron chi connectivity index (χ0n) is 16.0. The second kappa shape index (κ2) is 8.65. The summed E-state index contributed by atoms with van der Waals surface area (Å²) >= 11 is 0. The molecule has 0 saturated carbocycles. The molecule has 3 aromatic rings. The molecular weight excluding hydrogens is 361 g/mol. The number of amides is 1. The van der Waals surface area contributed by atoms with Crippen molar-refractivity contribution in [2.45, 2.75) is 26.3 Å². The molecule has 146 valence electrons. The Kier molecular flexibility index (Phi) is 6.03. The largest absolute Gasteiger partial charge is 0.497 e. The monoisotopic (exact) mass is 383 g/mol. The Balaban J connectivity index is 1.84. The average Bonchev–Trinajstić information content (AvgIpc) is 3.21. The van der Waals surface area contributed by atoms with Gasteiger partial charge in [-0.25, -0.2) is 4.39 Å². The number of methoxy groups -OCH3 is 1. The van der Waals surface area contributed by atoms with Crippen molar-refractivity contribution in [1.29, 1.82) is 0 Å². The highest BCUT2D eigenvalue weighted by atomic mass is 19.1. The SMILES string of the molecule is CC[C@@H](C)[C@H](NC(=O)c1cccc(F)c1)c1nc(-c2ccc(OC)cc2)no1. The van der Waals surface area contributed by atoms with Crippen molar-refractivity contribution in [3.63, 3.8) is 0 Å². The fourth-order valence-corrected chi connectivity index (χ4v) is 2.76. The van der Waals surface area contributed by atoms with Gasteiger partial charge in [-0.1, -0.05) is 31.5 Å². The third-order valence-corrected chi connectivity index (χ3v) is 4.64. The first-order chi connectivity index (χ1) is 13.5. The van der Waals surface area contributed by atoms with Crippen LogP contribution >= 0.6 is 0 Å². The summed E-state index contributed by atoms with van der Waals surface area (Å²) in [5.74, 6) is 0.645. The quantitative estimate of drug-likeness (QED) is 0.654. The van der Waals surface area contributed by atoms with E-state index in [2.05, 4.69) is 15.5 Å². The maximum atomic E-state index is 13.4. The van der Waals surface area contributed by atoms with Crippen molar-refractivity contribution in [2.24, 2.45) is 5.92 Å². The van der Waals surface area contributed by atoms with Gasteiger partial charge >= 0.3 is 0 Å². The predicted molar refractivity (Wildman–Crippen MR) is 102 cm³/mol. The number of hydrogen-bond donors (Lipinski definition) is 1. The number of benzene rings is 2. The number of nitrogens with one attached hydrogen (secondary N) is 1. The zero-order chi connectivity index (χ0) is 20.1. The van der Waals surface area contributed by atoms with E-state index in [1.807, 2.05) is 38.1 Å². The van der Waals surface area contributed by atoms with Gasteiger partial charge in [-0.2, -0.15) is 4.98 Å². The number of carbonyl (C=O) groups is 1. The summed E-state index contributed by atoms with van der Waals surface area (Å²) in [5.41, 5.74) is 1.01. The summed E-state index contributed by atoms with van der Waals surface area (Å²) in [6.45, 7) is 3.99. The van der Waals surface area contributed by atoms with Gasteiger partial charge in [0.2, 0.25) is 11.7 Å². The Morgan fingerprint density at radius 2 is 2.00 bits per heavy atom. The van der Waals surface area contributed by atoms with Gasteiger partial charge in [0, 0.05) is 11.1 Å². The number of hydrogen-bond acceptors (Lipinski definition) is 5. The van der Waals surface area contributed by atoms with E-state index in [1.165, 1.54) is 18.2 Å². The van der Waals surface area contributed by atoms with Crippen LogP contribution in [-0.4, -0.2) is 23.2 Å². The van der Waals surface area contributed by atoms with Gasteiger partial charge in [0.1, 0.15) is 17.6 Å². The van der Waals surface area contributed by atoms with E-state index in [4.69, 9.17) is 9.26 Å². The molecule has 1 heterocycles. The highest BCUT2D eigenvalue weighted by Crippen LogP contribution is 2.27. The standard InChI is InChI=1S/C21H22FN3O3/c1-4-13(2)18(23-20(26)15-6-5-7-16(22)12-15)21-24-19(25-28-21)14-8-10-17(27-3)11-9-14/h5-13,18H,4H2,1-3H3,(H,23,26)/t13-,18+/m1/s1. The third-order valence-electron chi connectivity index (χ3n) is 4.64. The smallest absolute Gasteiger partial charge is 0.252 e. The molecule has 2 atom stereocenters. The van der Waals surface area contributed by atoms with Crippen LogP contribution in [0.5, 0.6) is 5.75 Å². The molecule has 0 aliphatic carbocycles. The molecule has 3 rings (SSSR count). The second-order valence-corrected chi connectivity index (χ2v) is 6.53. The van der Waals surface area contributed by atoms with E-state index < -0.39 is 17.8 Å². The lowest BCUT2D eigenvalue weighted by atomic mass is 9.98. The van der Waals surface area contributed by atoms with Gasteiger partial charge in [0.15, 0.2) is 0 Å². The number of aromatic nitrogens is 2. The fourth-order valence-electron chi connectivity index (χ4n) is 2.76. The molecule has 0 spiro atoms. The molecule has 1 N–H and O–H groups in total. The minimum absolute atomic E-state index is 0.0432. The number of halogens is 1. The topological polar surface area (TPSA) is 77.2 Å². The maximum Gasteiger partial charge on any atom is 0.252 e.